The van der Waals surface area contributed by atoms with E-state index in [-0.39, 0.29) is 31.6 Å². The Balaban J connectivity index is 0.000000246. The van der Waals surface area contributed by atoms with E-state index in [2.05, 4.69) is 42.5 Å². The number of aliphatic hydroxyl groups excluding tert-OH is 1. The zero-order chi connectivity index (χ0) is 17.1. The van der Waals surface area contributed by atoms with Gasteiger partial charge < -0.3 is 10.1 Å². The number of benzene rings is 1. The standard InChI is InChI=1S/C15H8NS.C5H8O2.Ir/c1-3-10-6-7-11-9-13(14-5-2-8-17-14)16-12(4-1)15(10)11;1-4(6)3-5(2)7;/h1-4,6-9H;3,6H,1-2H3;/q-1;;. The van der Waals surface area contributed by atoms with Crippen LogP contribution in [0.2, 0.25) is 0 Å². The molecule has 4 rings (SSSR count). The van der Waals surface area contributed by atoms with Gasteiger partial charge in [-0.1, -0.05) is 35.2 Å². The van der Waals surface area contributed by atoms with Crippen LogP contribution in [0.4, 0.5) is 0 Å². The number of pyridine rings is 1. The van der Waals surface area contributed by atoms with Crippen molar-refractivity contribution in [3.8, 4) is 10.6 Å². The second kappa shape index (κ2) is 8.34. The van der Waals surface area contributed by atoms with Gasteiger partial charge in [0.05, 0.1) is 11.3 Å². The Morgan fingerprint density at radius 2 is 2.00 bits per heavy atom. The Labute approximate surface area is 164 Å². The van der Waals surface area contributed by atoms with Gasteiger partial charge in [0.1, 0.15) is 0 Å². The first-order chi connectivity index (χ1) is 11.5. The van der Waals surface area contributed by atoms with Gasteiger partial charge in [0, 0.05) is 31.6 Å². The minimum Gasteiger partial charge on any atom is -0.512 e. The number of rotatable bonds is 2. The van der Waals surface area contributed by atoms with E-state index in [1.54, 1.807) is 11.3 Å². The number of aromatic nitrogens is 1. The third-order valence-electron chi connectivity index (χ3n) is 3.45. The molecule has 5 heteroatoms. The fourth-order valence-electron chi connectivity index (χ4n) is 2.59. The van der Waals surface area contributed by atoms with E-state index in [9.17, 15) is 4.79 Å². The van der Waals surface area contributed by atoms with Crippen molar-refractivity contribution in [2.45, 2.75) is 13.8 Å². The molecule has 2 heterocycles. The summed E-state index contributed by atoms with van der Waals surface area (Å²) < 4.78 is 0. The van der Waals surface area contributed by atoms with Gasteiger partial charge in [-0.15, -0.1) is 5.38 Å². The number of carbonyl (C=O) groups excluding carboxylic acids is 1. The SMILES string of the molecule is CC(=O)C=C(C)O.[Ir].[c-]1ccsc1-c1cc2c3c(cccc3n1)C=C2. The van der Waals surface area contributed by atoms with Crippen molar-refractivity contribution in [1.29, 1.82) is 0 Å². The summed E-state index contributed by atoms with van der Waals surface area (Å²) in [7, 11) is 0. The largest absolute Gasteiger partial charge is 0.512 e. The van der Waals surface area contributed by atoms with Crippen LogP contribution < -0.4 is 0 Å². The number of allylic oxidation sites excluding steroid dienone is 2. The van der Waals surface area contributed by atoms with Crippen molar-refractivity contribution in [2.75, 3.05) is 0 Å². The minimum atomic E-state index is -0.125. The second-order valence-electron chi connectivity index (χ2n) is 5.46. The van der Waals surface area contributed by atoms with Gasteiger partial charge in [-0.3, -0.25) is 4.79 Å². The van der Waals surface area contributed by atoms with Crippen molar-refractivity contribution < 1.29 is 30.0 Å². The van der Waals surface area contributed by atoms with Gasteiger partial charge in [0.2, 0.25) is 0 Å². The summed E-state index contributed by atoms with van der Waals surface area (Å²) in [6.45, 7) is 2.85. The van der Waals surface area contributed by atoms with E-state index < -0.39 is 0 Å². The quantitative estimate of drug-likeness (QED) is 0.220. The van der Waals surface area contributed by atoms with Crippen LogP contribution in [-0.2, 0) is 24.9 Å². The maximum absolute atomic E-state index is 10.0. The molecule has 2 aromatic heterocycles. The molecular weight excluding hydrogens is 511 g/mol. The molecule has 25 heavy (non-hydrogen) atoms. The summed E-state index contributed by atoms with van der Waals surface area (Å²) >= 11 is 1.68. The Morgan fingerprint density at radius 1 is 1.24 bits per heavy atom. The van der Waals surface area contributed by atoms with E-state index in [0.29, 0.717) is 0 Å². The summed E-state index contributed by atoms with van der Waals surface area (Å²) in [5.74, 6) is -0.0625. The summed E-state index contributed by atoms with van der Waals surface area (Å²) in [4.78, 5) is 15.8. The van der Waals surface area contributed by atoms with Crippen LogP contribution in [0.5, 0.6) is 0 Å². The van der Waals surface area contributed by atoms with E-state index in [1.165, 1.54) is 36.4 Å². The first-order valence-corrected chi connectivity index (χ1v) is 8.38. The fourth-order valence-corrected chi connectivity index (χ4v) is 3.22. The molecule has 0 atom stereocenters. The van der Waals surface area contributed by atoms with Gasteiger partial charge in [0.15, 0.2) is 5.78 Å². The van der Waals surface area contributed by atoms with Crippen molar-refractivity contribution in [1.82, 2.24) is 4.98 Å². The van der Waals surface area contributed by atoms with Crippen LogP contribution in [0.3, 0.4) is 0 Å². The van der Waals surface area contributed by atoms with Crippen LogP contribution in [0.25, 0.3) is 33.6 Å². The summed E-state index contributed by atoms with van der Waals surface area (Å²) in [5, 5.41) is 11.7. The molecule has 129 valence electrons. The third kappa shape index (κ3) is 4.51. The smallest absolute Gasteiger partial charge is 0.155 e. The minimum absolute atomic E-state index is 0. The molecule has 1 aromatic carbocycles. The molecule has 0 fully saturated rings. The molecule has 0 saturated heterocycles. The molecular formula is C20H16IrNO2S-. The van der Waals surface area contributed by atoms with Crippen LogP contribution in [0.15, 0.2) is 47.5 Å². The Kier molecular flexibility index (Phi) is 6.43. The zero-order valence-electron chi connectivity index (χ0n) is 13.7. The molecule has 0 amide bonds. The molecule has 3 nitrogen and oxygen atoms in total. The fraction of sp³-hybridized carbons (Fsp3) is 0.100. The van der Waals surface area contributed by atoms with Gasteiger partial charge in [-0.05, 0) is 36.7 Å². The van der Waals surface area contributed by atoms with E-state index >= 15 is 0 Å². The molecule has 0 saturated carbocycles. The predicted molar refractivity (Wildman–Crippen MR) is 99.9 cm³/mol. The van der Waals surface area contributed by atoms with Crippen molar-refractivity contribution in [3.63, 3.8) is 0 Å². The molecule has 0 bridgehead atoms. The molecule has 3 aromatic rings. The molecule has 1 aliphatic rings. The molecule has 1 aliphatic carbocycles. The molecule has 0 spiro atoms. The van der Waals surface area contributed by atoms with Gasteiger partial charge in [0.25, 0.3) is 0 Å². The molecule has 1 N–H and O–H groups in total. The summed E-state index contributed by atoms with van der Waals surface area (Å²) in [6, 6.07) is 13.6. The van der Waals surface area contributed by atoms with Crippen LogP contribution in [0, 0.1) is 6.07 Å². The van der Waals surface area contributed by atoms with Crippen molar-refractivity contribution in [2.24, 2.45) is 0 Å². The predicted octanol–water partition coefficient (Wildman–Crippen LogP) is 5.28. The number of aliphatic hydroxyl groups is 1. The van der Waals surface area contributed by atoms with Gasteiger partial charge in [-0.2, -0.15) is 12.1 Å². The van der Waals surface area contributed by atoms with Crippen molar-refractivity contribution >= 4 is 40.2 Å². The number of nitrogens with zero attached hydrogens (tertiary/aromatic N) is 1. The monoisotopic (exact) mass is 527 g/mol. The van der Waals surface area contributed by atoms with Gasteiger partial charge in [-0.25, -0.2) is 11.3 Å². The zero-order valence-corrected chi connectivity index (χ0v) is 17.0. The number of hydrogen-bond acceptors (Lipinski definition) is 4. The average Bonchev–Trinajstić information content (AvgIpc) is 3.17. The Hall–Kier alpha value is -2.07. The first kappa shape index (κ1) is 19.3. The Bertz CT molecular complexity index is 955. The van der Waals surface area contributed by atoms with E-state index in [4.69, 9.17) is 10.1 Å². The molecule has 0 unspecified atom stereocenters. The topological polar surface area (TPSA) is 50.2 Å². The van der Waals surface area contributed by atoms with Crippen LogP contribution in [-0.4, -0.2) is 15.9 Å². The Morgan fingerprint density at radius 3 is 2.60 bits per heavy atom. The van der Waals surface area contributed by atoms with Crippen molar-refractivity contribution in [3.05, 3.63) is 64.7 Å². The number of ketones is 1. The normalized spacial score (nSPS) is 11.7. The average molecular weight is 527 g/mol. The molecule has 1 radical (unpaired) electrons. The number of hydrogen-bond donors (Lipinski definition) is 1. The number of thiophene rings is 1. The van der Waals surface area contributed by atoms with E-state index in [1.807, 2.05) is 11.4 Å². The van der Waals surface area contributed by atoms with E-state index in [0.717, 1.165) is 16.1 Å². The van der Waals surface area contributed by atoms with Crippen LogP contribution in [0.1, 0.15) is 25.0 Å². The first-order valence-electron chi connectivity index (χ1n) is 7.50. The third-order valence-corrected chi connectivity index (χ3v) is 4.29. The van der Waals surface area contributed by atoms with Crippen LogP contribution >= 0.6 is 11.3 Å². The summed E-state index contributed by atoms with van der Waals surface area (Å²) in [6.07, 6.45) is 5.48. The molecule has 0 aliphatic heterocycles. The van der Waals surface area contributed by atoms with Gasteiger partial charge >= 0.3 is 0 Å². The summed E-state index contributed by atoms with van der Waals surface area (Å²) in [5.41, 5.74) is 4.63. The maximum atomic E-state index is 10.0. The second-order valence-corrected chi connectivity index (χ2v) is 6.38. The number of carbonyl (C=O) groups is 1. The maximum Gasteiger partial charge on any atom is 0.155 e.